The van der Waals surface area contributed by atoms with E-state index in [0.717, 1.165) is 13.1 Å². The molecule has 0 aromatic heterocycles. The van der Waals surface area contributed by atoms with Gasteiger partial charge in [-0.05, 0) is 37.1 Å². The molecule has 0 unspecified atom stereocenters. The highest BCUT2D eigenvalue weighted by molar-refractivity contribution is 5.95. The van der Waals surface area contributed by atoms with Crippen molar-refractivity contribution in [3.05, 3.63) is 53.1 Å². The normalized spacial score (nSPS) is 14.3. The quantitative estimate of drug-likeness (QED) is 0.845. The van der Waals surface area contributed by atoms with Gasteiger partial charge >= 0.3 is 0 Å². The Bertz CT molecular complexity index is 753. The van der Waals surface area contributed by atoms with Crippen LogP contribution in [-0.2, 0) is 0 Å². The Kier molecular flexibility index (Phi) is 5.35. The average molecular weight is 354 g/mol. The van der Waals surface area contributed by atoms with Crippen LogP contribution in [0.3, 0.4) is 0 Å². The molecule has 0 atom stereocenters. The first kappa shape index (κ1) is 18.1. The van der Waals surface area contributed by atoms with Crippen LogP contribution in [0.5, 0.6) is 11.5 Å². The number of nitrogens with zero attached hydrogens (tertiary/aromatic N) is 2. The van der Waals surface area contributed by atoms with Gasteiger partial charge in [0.15, 0.2) is 0 Å². The molecular weight excluding hydrogens is 328 g/mol. The van der Waals surface area contributed by atoms with E-state index in [1.807, 2.05) is 4.90 Å². The number of hydrogen-bond donors (Lipinski definition) is 0. The van der Waals surface area contributed by atoms with Crippen molar-refractivity contribution in [1.82, 2.24) is 4.90 Å². The molecule has 2 aromatic carbocycles. The molecular formula is C21H26N2O3. The van der Waals surface area contributed by atoms with Gasteiger partial charge in [0.2, 0.25) is 0 Å². The van der Waals surface area contributed by atoms with Crippen LogP contribution in [0.15, 0.2) is 36.4 Å². The lowest BCUT2D eigenvalue weighted by Crippen LogP contribution is -2.49. The molecule has 138 valence electrons. The van der Waals surface area contributed by atoms with Gasteiger partial charge in [-0.2, -0.15) is 0 Å². The summed E-state index contributed by atoms with van der Waals surface area (Å²) in [5, 5.41) is 0. The van der Waals surface area contributed by atoms with E-state index in [1.165, 1.54) is 16.8 Å². The molecule has 26 heavy (non-hydrogen) atoms. The van der Waals surface area contributed by atoms with Gasteiger partial charge < -0.3 is 19.3 Å². The van der Waals surface area contributed by atoms with Crippen molar-refractivity contribution < 1.29 is 14.3 Å². The van der Waals surface area contributed by atoms with Crippen LogP contribution in [0.2, 0.25) is 0 Å². The number of carbonyl (C=O) groups excluding carboxylic acids is 1. The van der Waals surface area contributed by atoms with Crippen LogP contribution in [0.1, 0.15) is 21.5 Å². The van der Waals surface area contributed by atoms with Crippen LogP contribution in [-0.4, -0.2) is 51.2 Å². The minimum Gasteiger partial charge on any atom is -0.497 e. The molecule has 5 nitrogen and oxygen atoms in total. The van der Waals surface area contributed by atoms with Gasteiger partial charge in [-0.25, -0.2) is 0 Å². The number of ether oxygens (including phenoxy) is 2. The summed E-state index contributed by atoms with van der Waals surface area (Å²) >= 11 is 0. The topological polar surface area (TPSA) is 42.0 Å². The molecule has 0 N–H and O–H groups in total. The van der Waals surface area contributed by atoms with E-state index in [9.17, 15) is 4.79 Å². The fourth-order valence-electron chi connectivity index (χ4n) is 3.55. The lowest BCUT2D eigenvalue weighted by molar-refractivity contribution is 0.0746. The predicted molar refractivity (Wildman–Crippen MR) is 104 cm³/mol. The molecule has 1 heterocycles. The third kappa shape index (κ3) is 3.62. The fourth-order valence-corrected chi connectivity index (χ4v) is 3.55. The molecule has 0 aliphatic carbocycles. The second-order valence-corrected chi connectivity index (χ2v) is 6.62. The lowest BCUT2D eigenvalue weighted by Gasteiger charge is -2.37. The first-order chi connectivity index (χ1) is 12.5. The summed E-state index contributed by atoms with van der Waals surface area (Å²) in [4.78, 5) is 17.2. The standard InChI is InChI=1S/C21H26N2O3/c1-15-6-5-7-16(2)20(15)22-8-10-23(11-9-22)21(24)17-12-18(25-3)14-19(13-17)26-4/h5-7,12-14H,8-11H2,1-4H3. The number of rotatable bonds is 4. The molecule has 0 spiro atoms. The minimum absolute atomic E-state index is 0.0170. The summed E-state index contributed by atoms with van der Waals surface area (Å²) in [5.74, 6) is 1.27. The van der Waals surface area contributed by atoms with E-state index < -0.39 is 0 Å². The number of methoxy groups -OCH3 is 2. The largest absolute Gasteiger partial charge is 0.497 e. The number of carbonyl (C=O) groups is 1. The number of hydrogen-bond acceptors (Lipinski definition) is 4. The Morgan fingerprint density at radius 1 is 0.885 bits per heavy atom. The van der Waals surface area contributed by atoms with Crippen molar-refractivity contribution in [2.75, 3.05) is 45.3 Å². The van der Waals surface area contributed by atoms with E-state index in [1.54, 1.807) is 32.4 Å². The molecule has 1 amide bonds. The van der Waals surface area contributed by atoms with Crippen molar-refractivity contribution in [1.29, 1.82) is 0 Å². The predicted octanol–water partition coefficient (Wildman–Crippen LogP) is 3.28. The SMILES string of the molecule is COc1cc(OC)cc(C(=O)N2CCN(c3c(C)cccc3C)CC2)c1. The first-order valence-corrected chi connectivity index (χ1v) is 8.87. The molecule has 3 rings (SSSR count). The van der Waals surface area contributed by atoms with E-state index >= 15 is 0 Å². The van der Waals surface area contributed by atoms with Gasteiger partial charge in [-0.1, -0.05) is 18.2 Å². The third-order valence-electron chi connectivity index (χ3n) is 4.92. The van der Waals surface area contributed by atoms with Crippen molar-refractivity contribution >= 4 is 11.6 Å². The van der Waals surface area contributed by atoms with Gasteiger partial charge in [-0.15, -0.1) is 0 Å². The summed E-state index contributed by atoms with van der Waals surface area (Å²) in [5.41, 5.74) is 4.45. The first-order valence-electron chi connectivity index (χ1n) is 8.87. The summed E-state index contributed by atoms with van der Waals surface area (Å²) in [6.07, 6.45) is 0. The van der Waals surface area contributed by atoms with Crippen LogP contribution in [0.4, 0.5) is 5.69 Å². The van der Waals surface area contributed by atoms with Gasteiger partial charge in [-0.3, -0.25) is 4.79 Å². The zero-order valence-electron chi connectivity index (χ0n) is 15.9. The third-order valence-corrected chi connectivity index (χ3v) is 4.92. The van der Waals surface area contributed by atoms with Gasteiger partial charge in [0.1, 0.15) is 11.5 Å². The summed E-state index contributed by atoms with van der Waals surface area (Å²) in [7, 11) is 3.18. The molecule has 2 aromatic rings. The van der Waals surface area contributed by atoms with Crippen LogP contribution >= 0.6 is 0 Å². The Labute approximate surface area is 155 Å². The molecule has 1 fully saturated rings. The Balaban J connectivity index is 1.73. The number of benzene rings is 2. The highest BCUT2D eigenvalue weighted by Crippen LogP contribution is 2.27. The monoisotopic (exact) mass is 354 g/mol. The van der Waals surface area contributed by atoms with E-state index in [-0.39, 0.29) is 5.91 Å². The number of piperazine rings is 1. The molecule has 1 aliphatic rings. The van der Waals surface area contributed by atoms with E-state index in [4.69, 9.17) is 9.47 Å². The molecule has 0 radical (unpaired) electrons. The van der Waals surface area contributed by atoms with Crippen molar-refractivity contribution in [2.45, 2.75) is 13.8 Å². The molecule has 0 saturated carbocycles. The molecule has 1 aliphatic heterocycles. The molecule has 0 bridgehead atoms. The number of para-hydroxylation sites is 1. The van der Waals surface area contributed by atoms with Crippen molar-refractivity contribution in [3.63, 3.8) is 0 Å². The zero-order valence-corrected chi connectivity index (χ0v) is 15.9. The fraction of sp³-hybridized carbons (Fsp3) is 0.381. The minimum atomic E-state index is 0.0170. The Morgan fingerprint density at radius 3 is 1.92 bits per heavy atom. The highest BCUT2D eigenvalue weighted by Gasteiger charge is 2.24. The van der Waals surface area contributed by atoms with Gasteiger partial charge in [0, 0.05) is 43.5 Å². The van der Waals surface area contributed by atoms with Crippen LogP contribution in [0, 0.1) is 13.8 Å². The number of aryl methyl sites for hydroxylation is 2. The Hall–Kier alpha value is -2.69. The van der Waals surface area contributed by atoms with Crippen LogP contribution in [0.25, 0.3) is 0 Å². The second kappa shape index (κ2) is 7.68. The highest BCUT2D eigenvalue weighted by atomic mass is 16.5. The average Bonchev–Trinajstić information content (AvgIpc) is 2.67. The number of anilines is 1. The molecule has 5 heteroatoms. The van der Waals surface area contributed by atoms with Gasteiger partial charge in [0.25, 0.3) is 5.91 Å². The maximum Gasteiger partial charge on any atom is 0.254 e. The molecule has 1 saturated heterocycles. The Morgan fingerprint density at radius 2 is 1.42 bits per heavy atom. The summed E-state index contributed by atoms with van der Waals surface area (Å²) in [6, 6.07) is 11.7. The van der Waals surface area contributed by atoms with E-state index in [2.05, 4.69) is 36.9 Å². The van der Waals surface area contributed by atoms with Crippen LogP contribution < -0.4 is 14.4 Å². The van der Waals surface area contributed by atoms with Gasteiger partial charge in [0.05, 0.1) is 14.2 Å². The smallest absolute Gasteiger partial charge is 0.254 e. The van der Waals surface area contributed by atoms with Crippen molar-refractivity contribution in [3.8, 4) is 11.5 Å². The van der Waals surface area contributed by atoms with Crippen molar-refractivity contribution in [2.24, 2.45) is 0 Å². The number of amides is 1. The lowest BCUT2D eigenvalue weighted by atomic mass is 10.1. The van der Waals surface area contributed by atoms with E-state index in [0.29, 0.717) is 30.2 Å². The summed E-state index contributed by atoms with van der Waals surface area (Å²) in [6.45, 7) is 7.35. The summed E-state index contributed by atoms with van der Waals surface area (Å²) < 4.78 is 10.6. The maximum atomic E-state index is 12.9. The maximum absolute atomic E-state index is 12.9. The second-order valence-electron chi connectivity index (χ2n) is 6.62. The zero-order chi connectivity index (χ0) is 18.7.